The van der Waals surface area contributed by atoms with Crippen molar-refractivity contribution in [3.8, 4) is 11.1 Å². The highest BCUT2D eigenvalue weighted by atomic mass is 32.2. The van der Waals surface area contributed by atoms with Crippen LogP contribution in [0.5, 0.6) is 0 Å². The fraction of sp³-hybridized carbons (Fsp3) is 0.361. The number of carbonyl (C=O) groups excluding carboxylic acids is 1. The van der Waals surface area contributed by atoms with Gasteiger partial charge in [0.2, 0.25) is 5.91 Å². The normalized spacial score (nSPS) is 23.1. The van der Waals surface area contributed by atoms with Crippen LogP contribution in [0.4, 0.5) is 17.6 Å². The highest BCUT2D eigenvalue weighted by Crippen LogP contribution is 2.31. The van der Waals surface area contributed by atoms with E-state index >= 15 is 0 Å². The summed E-state index contributed by atoms with van der Waals surface area (Å²) in [5, 5.41) is -0.842. The maximum atomic E-state index is 15.0. The van der Waals surface area contributed by atoms with E-state index in [1.165, 1.54) is 12.1 Å². The Balaban J connectivity index is 1.78. The first kappa shape index (κ1) is 16.9. The van der Waals surface area contributed by atoms with Crippen molar-refractivity contribution in [3.05, 3.63) is 117 Å². The molecule has 0 N–H and O–H groups in total. The fourth-order valence-electron chi connectivity index (χ4n) is 4.10. The van der Waals surface area contributed by atoms with Crippen molar-refractivity contribution < 1.29 is 49.8 Å². The Hall–Kier alpha value is -3.96. The zero-order chi connectivity index (χ0) is 51.3. The molecule has 3 aromatic carbocycles. The molecule has 0 bridgehead atoms. The second kappa shape index (κ2) is 15.3. The Labute approximate surface area is 304 Å². The molecule has 248 valence electrons. The quantitative estimate of drug-likeness (QED) is 0.0845. The number of amides is 1. The summed E-state index contributed by atoms with van der Waals surface area (Å²) < 4.78 is 226. The van der Waals surface area contributed by atoms with Crippen molar-refractivity contribution in [2.75, 3.05) is 26.1 Å². The number of hydrogen-bond donors (Lipinski definition) is 0. The molecule has 1 heterocycles. The lowest BCUT2D eigenvalue weighted by molar-refractivity contribution is -0.137. The van der Waals surface area contributed by atoms with Gasteiger partial charge in [-0.25, -0.2) is 4.39 Å². The maximum absolute atomic E-state index is 15.0. The van der Waals surface area contributed by atoms with Crippen LogP contribution >= 0.6 is 11.8 Å². The van der Waals surface area contributed by atoms with E-state index in [9.17, 15) is 29.9 Å². The molecule has 0 unspecified atom stereocenters. The molecule has 0 aliphatic heterocycles. The van der Waals surface area contributed by atoms with Crippen LogP contribution in [-0.2, 0) is 42.5 Å². The maximum Gasteiger partial charge on any atom is 0.416 e. The Bertz CT molecular complexity index is 2640. The van der Waals surface area contributed by atoms with Gasteiger partial charge in [0.05, 0.1) is 19.3 Å². The number of hydrogen-bond acceptors (Lipinski definition) is 5. The van der Waals surface area contributed by atoms with E-state index in [1.54, 1.807) is 0 Å². The molecule has 1 aliphatic rings. The summed E-state index contributed by atoms with van der Waals surface area (Å²) in [7, 11) is 0. The third-order valence-corrected chi connectivity index (χ3v) is 7.53. The third kappa shape index (κ3) is 8.70. The number of fused-ring (bicyclic) bond motifs is 1. The number of carbonyl (C=O) groups is 1. The summed E-state index contributed by atoms with van der Waals surface area (Å²) in [6, 6.07) is -6.00. The molecule has 0 atom stereocenters. The van der Waals surface area contributed by atoms with Gasteiger partial charge < -0.3 is 14.4 Å². The molecule has 5 rings (SSSR count). The average molecular weight is 687 g/mol. The van der Waals surface area contributed by atoms with Crippen molar-refractivity contribution in [1.29, 1.82) is 0 Å². The van der Waals surface area contributed by atoms with Crippen LogP contribution in [0.1, 0.15) is 75.6 Å². The smallest absolute Gasteiger partial charge is 0.336 e. The fourth-order valence-corrected chi connectivity index (χ4v) is 5.00. The molecule has 0 spiro atoms. The van der Waals surface area contributed by atoms with Gasteiger partial charge in [0.1, 0.15) is 12.3 Å². The standard InChI is InChI=1S/C36H38F4N4O2S/c1-3-42(4-2)20-21-43(22-25-8-12-27(13-9-25)28-14-16-29(17-15-28)36(38,39)40)33(45)23-44-32-7-5-6-31(32)34(46)41-35(44)47-24-26-10-18-30(37)19-11-26/h8-19H,3-7,20-24H2,1-2H3/i3D2,4D2,5D2,6D2,7D2,8D,9D,12D,13D,14D,15D,16D,17D,23D2. The summed E-state index contributed by atoms with van der Waals surface area (Å²) in [5.74, 6) is -2.81. The molecule has 4 aromatic rings. The van der Waals surface area contributed by atoms with Crippen LogP contribution in [0.15, 0.2) is 82.6 Å². The van der Waals surface area contributed by atoms with E-state index < -0.39 is 169 Å². The first-order chi connectivity index (χ1) is 30.3. The zero-order valence-corrected chi connectivity index (χ0v) is 25.5. The molecule has 0 radical (unpaired) electrons. The summed E-state index contributed by atoms with van der Waals surface area (Å²) in [6.07, 6.45) is -16.2. The summed E-state index contributed by atoms with van der Waals surface area (Å²) in [4.78, 5) is 33.2. The van der Waals surface area contributed by atoms with Crippen LogP contribution in [0.3, 0.4) is 0 Å². The average Bonchev–Trinajstić information content (AvgIpc) is 3.29. The van der Waals surface area contributed by atoms with Crippen LogP contribution in [0.2, 0.25) is 0 Å². The molecule has 47 heavy (non-hydrogen) atoms. The van der Waals surface area contributed by atoms with Crippen molar-refractivity contribution in [2.45, 2.75) is 63.1 Å². The van der Waals surface area contributed by atoms with Gasteiger partial charge in [-0.2, -0.15) is 18.2 Å². The number of thioether (sulfide) groups is 1. The van der Waals surface area contributed by atoms with E-state index in [0.717, 1.165) is 26.0 Å². The lowest BCUT2D eigenvalue weighted by atomic mass is 10.0. The lowest BCUT2D eigenvalue weighted by Crippen LogP contribution is -2.40. The summed E-state index contributed by atoms with van der Waals surface area (Å²) >= 11 is 0.457. The molecule has 0 fully saturated rings. The van der Waals surface area contributed by atoms with Gasteiger partial charge in [-0.3, -0.25) is 9.59 Å². The zero-order valence-electron chi connectivity index (χ0n) is 44.7. The first-order valence-electron chi connectivity index (χ1n) is 23.7. The molecule has 0 saturated carbocycles. The van der Waals surface area contributed by atoms with Gasteiger partial charge >= 0.3 is 6.18 Å². The monoisotopic (exact) mass is 686 g/mol. The minimum absolute atomic E-state index is 0.136. The largest absolute Gasteiger partial charge is 0.416 e. The third-order valence-electron chi connectivity index (χ3n) is 6.52. The van der Waals surface area contributed by atoms with Crippen LogP contribution in [0.25, 0.3) is 11.1 Å². The van der Waals surface area contributed by atoms with Crippen molar-refractivity contribution in [3.63, 3.8) is 0 Å². The highest BCUT2D eigenvalue weighted by Gasteiger charge is 2.30. The molecule has 6 nitrogen and oxygen atoms in total. The van der Waals surface area contributed by atoms with E-state index in [0.29, 0.717) is 27.1 Å². The molecule has 1 amide bonds. The molecular weight excluding hydrogens is 628 g/mol. The number of halogens is 4. The number of aromatic nitrogens is 2. The van der Waals surface area contributed by atoms with Crippen molar-refractivity contribution >= 4 is 17.7 Å². The molecular formula is C36H38F4N4O2S. The SMILES string of the molecule is [2H]c1c([2H])c(-c2c([2H])c([2H])c(C(F)(F)F)c([2H])c2[2H])c([2H])c([2H])c1CN(CCN(C([2H])([2H])C)C([2H])([2H])C)C(=O)C([2H])([2H])n1c(SCc2ccc(F)cc2)nc(=O)c2c1C([2H])([2H])C([2H])([2H])C2([2H])[2H]. The van der Waals surface area contributed by atoms with Crippen LogP contribution in [0, 0.1) is 5.82 Å². The Morgan fingerprint density at radius 3 is 2.23 bits per heavy atom. The van der Waals surface area contributed by atoms with E-state index in [2.05, 4.69) is 4.98 Å². The molecule has 1 aromatic heterocycles. The van der Waals surface area contributed by atoms with Crippen LogP contribution < -0.4 is 5.56 Å². The Kier molecular flexibility index (Phi) is 5.51. The number of alkyl halides is 3. The van der Waals surface area contributed by atoms with Gasteiger partial charge in [-0.05, 0) is 78.6 Å². The summed E-state index contributed by atoms with van der Waals surface area (Å²) in [6.45, 7) is -10.1. The first-order valence-corrected chi connectivity index (χ1v) is 14.7. The Morgan fingerprint density at radius 1 is 0.979 bits per heavy atom. The highest BCUT2D eigenvalue weighted by molar-refractivity contribution is 7.98. The minimum atomic E-state index is -5.39. The minimum Gasteiger partial charge on any atom is -0.336 e. The van der Waals surface area contributed by atoms with Crippen molar-refractivity contribution in [1.82, 2.24) is 19.4 Å². The summed E-state index contributed by atoms with van der Waals surface area (Å²) in [5.41, 5.74) is -8.75. The van der Waals surface area contributed by atoms with Crippen LogP contribution in [-0.4, -0.2) is 51.3 Å². The van der Waals surface area contributed by atoms with E-state index in [4.69, 9.17) is 24.7 Å². The van der Waals surface area contributed by atoms with Gasteiger partial charge in [-0.1, -0.05) is 74.0 Å². The number of likely N-dealkylation sites (N-methyl/N-ethyl adjacent to an activating group) is 1. The number of nitrogens with zero attached hydrogens (tertiary/aromatic N) is 4. The van der Waals surface area contributed by atoms with Crippen molar-refractivity contribution in [2.24, 2.45) is 0 Å². The van der Waals surface area contributed by atoms with E-state index in [1.807, 2.05) is 0 Å². The van der Waals surface area contributed by atoms with E-state index in [-0.39, 0.29) is 10.3 Å². The molecule has 1 aliphatic carbocycles. The number of benzene rings is 3. The molecule has 0 saturated heterocycles. The van der Waals surface area contributed by atoms with Gasteiger partial charge in [0.15, 0.2) is 5.16 Å². The number of rotatable bonds is 13. The van der Waals surface area contributed by atoms with Gasteiger partial charge in [0, 0.05) is 50.4 Å². The topological polar surface area (TPSA) is 58.4 Å². The van der Waals surface area contributed by atoms with Gasteiger partial charge in [0.25, 0.3) is 5.56 Å². The Morgan fingerprint density at radius 2 is 1.62 bits per heavy atom. The lowest BCUT2D eigenvalue weighted by Gasteiger charge is -2.28. The predicted molar refractivity (Wildman–Crippen MR) is 177 cm³/mol. The second-order valence-corrected chi connectivity index (χ2v) is 10.5. The second-order valence-electron chi connectivity index (χ2n) is 9.59. The predicted octanol–water partition coefficient (Wildman–Crippen LogP) is 7.22. The molecule has 11 heteroatoms. The van der Waals surface area contributed by atoms with Gasteiger partial charge in [-0.15, -0.1) is 0 Å².